The number of benzene rings is 2. The molecule has 7 nitrogen and oxygen atoms in total. The average molecular weight is 370 g/mol. The number of guanidine groups is 1. The zero-order chi connectivity index (χ0) is 19.2. The summed E-state index contributed by atoms with van der Waals surface area (Å²) in [5, 5.41) is 8.21. The smallest absolute Gasteiger partial charge is 0.252 e. The summed E-state index contributed by atoms with van der Waals surface area (Å²) in [6.45, 7) is 2.48. The highest BCUT2D eigenvalue weighted by atomic mass is 19.1. The van der Waals surface area contributed by atoms with Gasteiger partial charge >= 0.3 is 0 Å². The van der Waals surface area contributed by atoms with Gasteiger partial charge in [-0.15, -0.1) is 0 Å². The fraction of sp³-hybridized carbons (Fsp3) is 0.211. The average Bonchev–Trinajstić information content (AvgIpc) is 2.98. The first kappa shape index (κ1) is 18.4. The molecule has 0 saturated carbocycles. The fourth-order valence-electron chi connectivity index (χ4n) is 2.51. The minimum absolute atomic E-state index is 0.113. The predicted molar refractivity (Wildman–Crippen MR) is 100 cm³/mol. The first-order valence-electron chi connectivity index (χ1n) is 8.47. The maximum absolute atomic E-state index is 12.9. The quantitative estimate of drug-likeness (QED) is 0.729. The second-order valence-electron chi connectivity index (χ2n) is 5.82. The molecule has 8 heteroatoms. The van der Waals surface area contributed by atoms with Crippen molar-refractivity contribution >= 4 is 29.1 Å². The maximum atomic E-state index is 12.9. The summed E-state index contributed by atoms with van der Waals surface area (Å²) in [4.78, 5) is 28.3. The Morgan fingerprint density at radius 1 is 1.15 bits per heavy atom. The lowest BCUT2D eigenvalue weighted by atomic mass is 10.2. The number of rotatable bonds is 6. The molecule has 3 N–H and O–H groups in total. The Kier molecular flexibility index (Phi) is 5.65. The first-order valence-corrected chi connectivity index (χ1v) is 8.47. The van der Waals surface area contributed by atoms with Crippen LogP contribution in [0.3, 0.4) is 0 Å². The number of halogens is 1. The summed E-state index contributed by atoms with van der Waals surface area (Å²) in [6.07, 6.45) is -0.113. The van der Waals surface area contributed by atoms with E-state index in [-0.39, 0.29) is 24.2 Å². The van der Waals surface area contributed by atoms with Crippen LogP contribution in [-0.2, 0) is 9.59 Å². The van der Waals surface area contributed by atoms with E-state index in [4.69, 9.17) is 4.74 Å². The van der Waals surface area contributed by atoms with Crippen molar-refractivity contribution in [2.75, 3.05) is 17.2 Å². The summed E-state index contributed by atoms with van der Waals surface area (Å²) < 4.78 is 18.3. The number of hydrogen-bond acceptors (Lipinski definition) is 5. The lowest BCUT2D eigenvalue weighted by Gasteiger charge is -2.07. The molecule has 0 saturated heterocycles. The highest BCUT2D eigenvalue weighted by Crippen LogP contribution is 2.17. The van der Waals surface area contributed by atoms with Gasteiger partial charge in [0.2, 0.25) is 11.9 Å². The number of ether oxygens (including phenoxy) is 1. The van der Waals surface area contributed by atoms with Gasteiger partial charge in [-0.05, 0) is 55.5 Å². The van der Waals surface area contributed by atoms with E-state index >= 15 is 0 Å². The Bertz CT molecular complexity index is 850. The number of amides is 2. The van der Waals surface area contributed by atoms with Crippen molar-refractivity contribution in [1.29, 1.82) is 0 Å². The van der Waals surface area contributed by atoms with Gasteiger partial charge in [0.15, 0.2) is 0 Å². The maximum Gasteiger partial charge on any atom is 0.252 e. The van der Waals surface area contributed by atoms with Crippen molar-refractivity contribution < 1.29 is 18.7 Å². The van der Waals surface area contributed by atoms with E-state index in [1.54, 1.807) is 24.3 Å². The predicted octanol–water partition coefficient (Wildman–Crippen LogP) is 2.52. The molecule has 3 rings (SSSR count). The molecule has 2 amide bonds. The molecule has 2 aromatic rings. The van der Waals surface area contributed by atoms with Crippen LogP contribution < -0.4 is 20.7 Å². The number of nitrogens with zero attached hydrogens (tertiary/aromatic N) is 1. The molecule has 2 aromatic carbocycles. The fourth-order valence-corrected chi connectivity index (χ4v) is 2.51. The van der Waals surface area contributed by atoms with E-state index < -0.39 is 11.9 Å². The molecule has 0 unspecified atom stereocenters. The van der Waals surface area contributed by atoms with Crippen LogP contribution >= 0.6 is 0 Å². The number of carbonyl (C=O) groups is 2. The minimum Gasteiger partial charge on any atom is -0.494 e. The van der Waals surface area contributed by atoms with Crippen molar-refractivity contribution in [3.05, 3.63) is 54.3 Å². The molecular formula is C19H19FN4O3. The second kappa shape index (κ2) is 8.31. The van der Waals surface area contributed by atoms with Gasteiger partial charge in [-0.25, -0.2) is 9.38 Å². The molecule has 1 aliphatic heterocycles. The van der Waals surface area contributed by atoms with Gasteiger partial charge in [0, 0.05) is 11.4 Å². The van der Waals surface area contributed by atoms with Crippen molar-refractivity contribution in [3.8, 4) is 5.75 Å². The van der Waals surface area contributed by atoms with Crippen LogP contribution in [-0.4, -0.2) is 30.4 Å². The second-order valence-corrected chi connectivity index (χ2v) is 5.82. The van der Waals surface area contributed by atoms with Crippen LogP contribution in [0, 0.1) is 5.82 Å². The third-order valence-corrected chi connectivity index (χ3v) is 3.76. The van der Waals surface area contributed by atoms with Crippen LogP contribution in [0.15, 0.2) is 53.5 Å². The molecule has 140 valence electrons. The molecule has 1 aliphatic rings. The molecule has 0 fully saturated rings. The Labute approximate surface area is 155 Å². The van der Waals surface area contributed by atoms with Crippen LogP contribution in [0.2, 0.25) is 0 Å². The zero-order valence-electron chi connectivity index (χ0n) is 14.7. The Morgan fingerprint density at radius 2 is 1.81 bits per heavy atom. The molecule has 0 aromatic heterocycles. The molecule has 1 heterocycles. The number of aliphatic imine (C=N–C) groups is 1. The normalized spacial score (nSPS) is 15.7. The van der Waals surface area contributed by atoms with Gasteiger partial charge in [0.25, 0.3) is 5.91 Å². The Balaban J connectivity index is 1.56. The van der Waals surface area contributed by atoms with Gasteiger partial charge in [0.05, 0.1) is 13.0 Å². The summed E-state index contributed by atoms with van der Waals surface area (Å²) >= 11 is 0. The molecule has 0 bridgehead atoms. The molecule has 0 aliphatic carbocycles. The molecule has 0 radical (unpaired) electrons. The highest BCUT2D eigenvalue weighted by molar-refractivity contribution is 6.11. The number of carbonyl (C=O) groups excluding carboxylic acids is 2. The van der Waals surface area contributed by atoms with E-state index in [0.717, 1.165) is 11.4 Å². The highest BCUT2D eigenvalue weighted by Gasteiger charge is 2.28. The monoisotopic (exact) mass is 370 g/mol. The minimum atomic E-state index is -0.823. The van der Waals surface area contributed by atoms with E-state index in [1.165, 1.54) is 24.3 Å². The van der Waals surface area contributed by atoms with Crippen LogP contribution in [0.1, 0.15) is 13.3 Å². The van der Waals surface area contributed by atoms with Crippen molar-refractivity contribution in [2.45, 2.75) is 19.4 Å². The summed E-state index contributed by atoms with van der Waals surface area (Å²) in [6, 6.07) is 11.8. The number of anilines is 2. The van der Waals surface area contributed by atoms with Gasteiger partial charge in [0.1, 0.15) is 17.6 Å². The molecular weight excluding hydrogens is 351 g/mol. The summed E-state index contributed by atoms with van der Waals surface area (Å²) in [5.41, 5.74) is 1.19. The van der Waals surface area contributed by atoms with E-state index in [1.807, 2.05) is 6.92 Å². The van der Waals surface area contributed by atoms with E-state index in [0.29, 0.717) is 12.3 Å². The topological polar surface area (TPSA) is 91.8 Å². The summed E-state index contributed by atoms with van der Waals surface area (Å²) in [7, 11) is 0. The van der Waals surface area contributed by atoms with Crippen LogP contribution in [0.25, 0.3) is 0 Å². The van der Waals surface area contributed by atoms with Gasteiger partial charge in [-0.1, -0.05) is 0 Å². The zero-order valence-corrected chi connectivity index (χ0v) is 14.7. The van der Waals surface area contributed by atoms with Crippen LogP contribution in [0.4, 0.5) is 15.8 Å². The Morgan fingerprint density at radius 3 is 2.48 bits per heavy atom. The number of nitrogens with one attached hydrogen (secondary N) is 3. The third kappa shape index (κ3) is 5.04. The van der Waals surface area contributed by atoms with Crippen molar-refractivity contribution in [1.82, 2.24) is 5.32 Å². The lowest BCUT2D eigenvalue weighted by Crippen LogP contribution is -2.33. The van der Waals surface area contributed by atoms with E-state index in [9.17, 15) is 14.0 Å². The van der Waals surface area contributed by atoms with Crippen molar-refractivity contribution in [3.63, 3.8) is 0 Å². The lowest BCUT2D eigenvalue weighted by molar-refractivity contribution is -0.123. The number of hydrogen-bond donors (Lipinski definition) is 3. The van der Waals surface area contributed by atoms with E-state index in [2.05, 4.69) is 20.9 Å². The Hall–Kier alpha value is -3.42. The first-order chi connectivity index (χ1) is 13.0. The van der Waals surface area contributed by atoms with Crippen molar-refractivity contribution in [2.24, 2.45) is 4.99 Å². The van der Waals surface area contributed by atoms with Gasteiger partial charge in [-0.3, -0.25) is 14.9 Å². The molecule has 0 spiro atoms. The largest absolute Gasteiger partial charge is 0.494 e. The third-order valence-electron chi connectivity index (χ3n) is 3.76. The summed E-state index contributed by atoms with van der Waals surface area (Å²) in [5.74, 6) is -0.108. The van der Waals surface area contributed by atoms with Crippen LogP contribution in [0.5, 0.6) is 5.75 Å². The molecule has 1 atom stereocenters. The van der Waals surface area contributed by atoms with Gasteiger partial charge < -0.3 is 15.4 Å². The standard InChI is InChI=1S/C19H19FN4O3/c1-2-27-15-9-7-14(8-10-15)22-19-23-16(18(26)24-19)11-17(25)21-13-5-3-12(20)4-6-13/h3-10,16H,2,11H2,1H3,(H,21,25)(H2,22,23,24,26)/t16-/m0/s1. The van der Waals surface area contributed by atoms with Gasteiger partial charge in [-0.2, -0.15) is 0 Å². The molecule has 27 heavy (non-hydrogen) atoms. The SMILES string of the molecule is CCOc1ccc(NC2=N[C@@H](CC(=O)Nc3ccc(F)cc3)C(=O)N2)cc1.